The summed E-state index contributed by atoms with van der Waals surface area (Å²) >= 11 is 0. The van der Waals surface area contributed by atoms with Crippen LogP contribution in [0.4, 0.5) is 0 Å². The molecule has 0 radical (unpaired) electrons. The third-order valence-electron chi connectivity index (χ3n) is 4.39. The molecule has 0 amide bonds. The molecule has 0 bridgehead atoms. The molecule has 23 heavy (non-hydrogen) atoms. The maximum absolute atomic E-state index is 6.12. The number of aromatic nitrogens is 2. The average Bonchev–Trinajstić information content (AvgIpc) is 2.51. The average molecular weight is 311 g/mol. The number of nitrogens with zero attached hydrogens (tertiary/aromatic N) is 2. The number of nitrogens with one attached hydrogen (secondary N) is 1. The molecule has 0 unspecified atom stereocenters. The van der Waals surface area contributed by atoms with E-state index in [1.807, 2.05) is 31.2 Å². The summed E-state index contributed by atoms with van der Waals surface area (Å²) < 4.78 is 6.12. The Labute approximate surface area is 138 Å². The summed E-state index contributed by atoms with van der Waals surface area (Å²) in [4.78, 5) is 8.73. The Morgan fingerprint density at radius 1 is 1.17 bits per heavy atom. The van der Waals surface area contributed by atoms with Gasteiger partial charge in [0.25, 0.3) is 0 Å². The first-order valence-corrected chi connectivity index (χ1v) is 8.30. The number of aryl methyl sites for hydroxylation is 1. The van der Waals surface area contributed by atoms with Gasteiger partial charge in [-0.15, -0.1) is 0 Å². The number of hydrogen-bond acceptors (Lipinski definition) is 4. The van der Waals surface area contributed by atoms with Crippen LogP contribution in [0.1, 0.15) is 26.0 Å². The molecular weight excluding hydrogens is 286 g/mol. The Hall–Kier alpha value is -1.94. The van der Waals surface area contributed by atoms with E-state index < -0.39 is 0 Å². The lowest BCUT2D eigenvalue weighted by Crippen LogP contribution is -2.57. The van der Waals surface area contributed by atoms with Crippen LogP contribution in [0, 0.1) is 18.3 Å². The van der Waals surface area contributed by atoms with Crippen molar-refractivity contribution in [3.8, 4) is 17.0 Å². The van der Waals surface area contributed by atoms with Gasteiger partial charge in [0.15, 0.2) is 0 Å². The minimum absolute atomic E-state index is 0.282. The van der Waals surface area contributed by atoms with Crippen molar-refractivity contribution >= 4 is 0 Å². The summed E-state index contributed by atoms with van der Waals surface area (Å²) in [5, 5.41) is 3.39. The van der Waals surface area contributed by atoms with Crippen LogP contribution in [-0.4, -0.2) is 29.7 Å². The Bertz CT molecular complexity index is 651. The van der Waals surface area contributed by atoms with Crippen molar-refractivity contribution in [1.82, 2.24) is 15.3 Å². The van der Waals surface area contributed by atoms with Crippen molar-refractivity contribution in [3.05, 3.63) is 42.4 Å². The molecule has 0 spiro atoms. The molecule has 1 aliphatic heterocycles. The van der Waals surface area contributed by atoms with Crippen LogP contribution in [-0.2, 0) is 0 Å². The van der Waals surface area contributed by atoms with Gasteiger partial charge in [-0.1, -0.05) is 13.8 Å². The zero-order valence-electron chi connectivity index (χ0n) is 14.2. The Balaban J connectivity index is 1.69. The molecule has 1 saturated heterocycles. The summed E-state index contributed by atoms with van der Waals surface area (Å²) in [5.41, 5.74) is 3.25. The Morgan fingerprint density at radius 2 is 1.91 bits per heavy atom. The van der Waals surface area contributed by atoms with Crippen molar-refractivity contribution in [2.75, 3.05) is 19.7 Å². The molecule has 1 N–H and O–H groups in total. The molecule has 2 aromatic rings. The standard InChI is InChI=1S/C19H25N3O/c1-14(2)10-19(11-21-12-19)13-23-18-5-4-17(22-15(18)3)16-6-8-20-9-7-16/h4-9,14,21H,10-13H2,1-3H3. The first-order chi connectivity index (χ1) is 11.1. The molecule has 0 aliphatic carbocycles. The fraction of sp³-hybridized carbons (Fsp3) is 0.474. The second kappa shape index (κ2) is 6.67. The molecule has 1 aliphatic rings. The fourth-order valence-electron chi connectivity index (χ4n) is 3.27. The quantitative estimate of drug-likeness (QED) is 0.887. The van der Waals surface area contributed by atoms with Crippen LogP contribution < -0.4 is 10.1 Å². The molecule has 122 valence electrons. The zero-order chi connectivity index (χ0) is 16.3. The van der Waals surface area contributed by atoms with Crippen molar-refractivity contribution < 1.29 is 4.74 Å². The van der Waals surface area contributed by atoms with E-state index in [2.05, 4.69) is 29.1 Å². The highest BCUT2D eigenvalue weighted by molar-refractivity contribution is 5.59. The second-order valence-electron chi connectivity index (χ2n) is 7.01. The second-order valence-corrected chi connectivity index (χ2v) is 7.01. The maximum Gasteiger partial charge on any atom is 0.140 e. The van der Waals surface area contributed by atoms with E-state index in [-0.39, 0.29) is 5.41 Å². The first kappa shape index (κ1) is 15.9. The minimum atomic E-state index is 0.282. The normalized spacial score (nSPS) is 16.2. The molecule has 0 atom stereocenters. The summed E-state index contributed by atoms with van der Waals surface area (Å²) in [5.74, 6) is 1.58. The Kier molecular flexibility index (Phi) is 4.62. The molecule has 4 nitrogen and oxygen atoms in total. The van der Waals surface area contributed by atoms with Crippen molar-refractivity contribution in [2.24, 2.45) is 11.3 Å². The van der Waals surface area contributed by atoms with Crippen molar-refractivity contribution in [1.29, 1.82) is 0 Å². The number of pyridine rings is 2. The third kappa shape index (κ3) is 3.70. The molecule has 1 fully saturated rings. The van der Waals surface area contributed by atoms with Crippen LogP contribution >= 0.6 is 0 Å². The highest BCUT2D eigenvalue weighted by atomic mass is 16.5. The van der Waals surface area contributed by atoms with Gasteiger partial charge in [-0.25, -0.2) is 4.98 Å². The predicted octanol–water partition coefficient (Wildman–Crippen LogP) is 3.47. The molecule has 2 aromatic heterocycles. The van der Waals surface area contributed by atoms with Gasteiger partial charge in [-0.05, 0) is 43.5 Å². The van der Waals surface area contributed by atoms with Crippen molar-refractivity contribution in [3.63, 3.8) is 0 Å². The van der Waals surface area contributed by atoms with Crippen LogP contribution in [0.15, 0.2) is 36.7 Å². The molecular formula is C19H25N3O. The number of rotatable bonds is 6. The van der Waals surface area contributed by atoms with E-state index in [1.54, 1.807) is 12.4 Å². The lowest BCUT2D eigenvalue weighted by atomic mass is 9.76. The topological polar surface area (TPSA) is 47.0 Å². The lowest BCUT2D eigenvalue weighted by Gasteiger charge is -2.43. The molecule has 4 heteroatoms. The Morgan fingerprint density at radius 3 is 2.48 bits per heavy atom. The third-order valence-corrected chi connectivity index (χ3v) is 4.39. The summed E-state index contributed by atoms with van der Waals surface area (Å²) in [7, 11) is 0. The SMILES string of the molecule is Cc1nc(-c2ccncc2)ccc1OCC1(CC(C)C)CNC1. The predicted molar refractivity (Wildman–Crippen MR) is 92.5 cm³/mol. The van der Waals surface area contributed by atoms with Crippen LogP contribution in [0.3, 0.4) is 0 Å². The van der Waals surface area contributed by atoms with Gasteiger partial charge in [0.05, 0.1) is 18.0 Å². The van der Waals surface area contributed by atoms with E-state index in [9.17, 15) is 0 Å². The van der Waals surface area contributed by atoms with Gasteiger partial charge in [-0.2, -0.15) is 0 Å². The van der Waals surface area contributed by atoms with Crippen LogP contribution in [0.5, 0.6) is 5.75 Å². The first-order valence-electron chi connectivity index (χ1n) is 8.30. The van der Waals surface area contributed by atoms with Crippen LogP contribution in [0.25, 0.3) is 11.3 Å². The highest BCUT2D eigenvalue weighted by Crippen LogP contribution is 2.32. The summed E-state index contributed by atoms with van der Waals surface area (Å²) in [6.07, 6.45) is 4.77. The summed E-state index contributed by atoms with van der Waals surface area (Å²) in [6, 6.07) is 8.00. The van der Waals surface area contributed by atoms with Gasteiger partial charge >= 0.3 is 0 Å². The monoisotopic (exact) mass is 311 g/mol. The van der Waals surface area contributed by atoms with Gasteiger partial charge in [-0.3, -0.25) is 4.98 Å². The zero-order valence-corrected chi connectivity index (χ0v) is 14.2. The van der Waals surface area contributed by atoms with E-state index in [0.717, 1.165) is 42.4 Å². The van der Waals surface area contributed by atoms with E-state index in [0.29, 0.717) is 5.92 Å². The van der Waals surface area contributed by atoms with E-state index in [1.165, 1.54) is 6.42 Å². The summed E-state index contributed by atoms with van der Waals surface area (Å²) in [6.45, 7) is 9.41. The molecule has 3 rings (SSSR count). The van der Waals surface area contributed by atoms with Gasteiger partial charge < -0.3 is 10.1 Å². The largest absolute Gasteiger partial charge is 0.491 e. The molecule has 0 saturated carbocycles. The van der Waals surface area contributed by atoms with E-state index in [4.69, 9.17) is 4.74 Å². The van der Waals surface area contributed by atoms with Gasteiger partial charge in [0, 0.05) is 36.5 Å². The molecule has 0 aromatic carbocycles. The van der Waals surface area contributed by atoms with Crippen LogP contribution in [0.2, 0.25) is 0 Å². The molecule has 3 heterocycles. The van der Waals surface area contributed by atoms with Gasteiger partial charge in [0.2, 0.25) is 0 Å². The van der Waals surface area contributed by atoms with Gasteiger partial charge in [0.1, 0.15) is 5.75 Å². The maximum atomic E-state index is 6.12. The fourth-order valence-corrected chi connectivity index (χ4v) is 3.27. The lowest BCUT2D eigenvalue weighted by molar-refractivity contribution is 0.0597. The van der Waals surface area contributed by atoms with Crippen molar-refractivity contribution in [2.45, 2.75) is 27.2 Å². The smallest absolute Gasteiger partial charge is 0.140 e. The van der Waals surface area contributed by atoms with E-state index >= 15 is 0 Å². The minimum Gasteiger partial charge on any atom is -0.491 e. The highest BCUT2D eigenvalue weighted by Gasteiger charge is 2.38. The number of hydrogen-bond donors (Lipinski definition) is 1. The number of ether oxygens (including phenoxy) is 1.